The van der Waals surface area contributed by atoms with Crippen LogP contribution in [0.5, 0.6) is 11.5 Å². The number of hydrogen-bond donors (Lipinski definition) is 1. The summed E-state index contributed by atoms with van der Waals surface area (Å²) in [6.45, 7) is 0.153. The average molecular weight is 536 g/mol. The number of ether oxygens (including phenoxy) is 2. The normalized spacial score (nSPS) is 12.2. The first kappa shape index (κ1) is 26.8. The van der Waals surface area contributed by atoms with E-state index in [-0.39, 0.29) is 12.4 Å². The zero-order valence-corrected chi connectivity index (χ0v) is 21.9. The fourth-order valence-electron chi connectivity index (χ4n) is 3.96. The van der Waals surface area contributed by atoms with Gasteiger partial charge in [0.2, 0.25) is 5.91 Å². The zero-order valence-electron chi connectivity index (χ0n) is 21.1. The Hall–Kier alpha value is -4.21. The molecule has 0 aliphatic heterocycles. The van der Waals surface area contributed by atoms with Crippen molar-refractivity contribution in [1.29, 1.82) is 0 Å². The number of nitrogens with two attached hydrogens (primary N) is 1. The molecule has 0 bridgehead atoms. The Morgan fingerprint density at radius 1 is 1.13 bits per heavy atom. The van der Waals surface area contributed by atoms with Crippen molar-refractivity contribution in [3.05, 3.63) is 95.5 Å². The third-order valence-corrected chi connectivity index (χ3v) is 6.05. The summed E-state index contributed by atoms with van der Waals surface area (Å²) in [6, 6.07) is 17.0. The van der Waals surface area contributed by atoms with E-state index in [0.717, 1.165) is 5.39 Å². The molecule has 10 heteroatoms. The van der Waals surface area contributed by atoms with Crippen molar-refractivity contribution in [2.45, 2.75) is 12.8 Å². The minimum atomic E-state index is -0.576. The molecule has 0 saturated heterocycles. The molecule has 4 aromatic rings. The van der Waals surface area contributed by atoms with Gasteiger partial charge in [-0.25, -0.2) is 14.4 Å². The Morgan fingerprint density at radius 2 is 1.95 bits per heavy atom. The van der Waals surface area contributed by atoms with Gasteiger partial charge in [0.15, 0.2) is 0 Å². The van der Waals surface area contributed by atoms with Gasteiger partial charge in [-0.05, 0) is 68.2 Å². The van der Waals surface area contributed by atoms with Crippen LogP contribution in [0.3, 0.4) is 0 Å². The highest BCUT2D eigenvalue weighted by Crippen LogP contribution is 2.37. The number of carbonyl (C=O) groups is 1. The van der Waals surface area contributed by atoms with Crippen LogP contribution >= 0.6 is 11.6 Å². The van der Waals surface area contributed by atoms with Gasteiger partial charge in [0.25, 0.3) is 0 Å². The highest BCUT2D eigenvalue weighted by Gasteiger charge is 2.25. The first-order valence-corrected chi connectivity index (χ1v) is 12.0. The van der Waals surface area contributed by atoms with Crippen molar-refractivity contribution in [3.8, 4) is 11.5 Å². The predicted molar refractivity (Wildman–Crippen MR) is 146 cm³/mol. The number of primary amides is 1. The molecule has 1 unspecified atom stereocenters. The lowest BCUT2D eigenvalue weighted by atomic mass is 10.1. The number of nitrogens with zero attached hydrogens (tertiary/aromatic N) is 4. The number of likely N-dealkylation sites (N-methyl/N-ethyl adjacent to an activating group) is 1. The van der Waals surface area contributed by atoms with E-state index in [1.165, 1.54) is 24.5 Å². The second kappa shape index (κ2) is 11.9. The fraction of sp³-hybridized carbons (Fsp3) is 0.179. The quantitative estimate of drug-likeness (QED) is 0.223. The van der Waals surface area contributed by atoms with E-state index >= 15 is 0 Å². The molecule has 8 nitrogen and oxygen atoms in total. The highest BCUT2D eigenvalue weighted by atomic mass is 35.5. The van der Waals surface area contributed by atoms with Crippen LogP contribution in [0.25, 0.3) is 10.9 Å². The number of fused-ring (bicyclic) bond motifs is 1. The minimum Gasteiger partial charge on any atom is -0.497 e. The van der Waals surface area contributed by atoms with E-state index in [1.807, 2.05) is 48.2 Å². The number of halogens is 2. The number of hydrogen-bond acceptors (Lipinski definition) is 7. The number of anilines is 2. The largest absolute Gasteiger partial charge is 0.497 e. The van der Waals surface area contributed by atoms with Crippen molar-refractivity contribution in [1.82, 2.24) is 14.9 Å². The van der Waals surface area contributed by atoms with Crippen LogP contribution in [0.15, 0.2) is 79.1 Å². The summed E-state index contributed by atoms with van der Waals surface area (Å²) in [5.74, 6) is 0.764. The van der Waals surface area contributed by atoms with Crippen LogP contribution in [0.4, 0.5) is 15.9 Å². The lowest BCUT2D eigenvalue weighted by Gasteiger charge is -2.35. The molecule has 4 rings (SSSR count). The number of aromatic nitrogens is 2. The molecule has 1 atom stereocenters. The van der Waals surface area contributed by atoms with Crippen molar-refractivity contribution in [3.63, 3.8) is 0 Å². The second-order valence-electron chi connectivity index (χ2n) is 8.62. The van der Waals surface area contributed by atoms with Crippen molar-refractivity contribution in [2.75, 3.05) is 26.1 Å². The van der Waals surface area contributed by atoms with Gasteiger partial charge >= 0.3 is 0 Å². The second-order valence-corrected chi connectivity index (χ2v) is 9.03. The third-order valence-electron chi connectivity index (χ3n) is 5.75. The van der Waals surface area contributed by atoms with Crippen LogP contribution in [0.1, 0.15) is 5.56 Å². The molecule has 0 aliphatic rings. The summed E-state index contributed by atoms with van der Waals surface area (Å²) in [7, 11) is 5.33. The fourth-order valence-corrected chi connectivity index (χ4v) is 4.19. The van der Waals surface area contributed by atoms with Gasteiger partial charge in [0, 0.05) is 23.2 Å². The van der Waals surface area contributed by atoms with Crippen molar-refractivity contribution < 1.29 is 18.7 Å². The summed E-state index contributed by atoms with van der Waals surface area (Å²) < 4.78 is 24.7. The van der Waals surface area contributed by atoms with Crippen LogP contribution in [-0.2, 0) is 11.4 Å². The molecular weight excluding hydrogens is 509 g/mol. The van der Waals surface area contributed by atoms with Gasteiger partial charge in [-0.1, -0.05) is 23.7 Å². The summed E-state index contributed by atoms with van der Waals surface area (Å²) in [4.78, 5) is 24.4. The van der Waals surface area contributed by atoms with Gasteiger partial charge in [-0.2, -0.15) is 0 Å². The Morgan fingerprint density at radius 3 is 2.63 bits per heavy atom. The number of carbonyl (C=O) groups excluding carboxylic acids is 1. The maximum atomic E-state index is 13.5. The Balaban J connectivity index is 1.78. The number of benzene rings is 3. The van der Waals surface area contributed by atoms with E-state index in [0.29, 0.717) is 39.1 Å². The molecule has 0 aliphatic carbocycles. The monoisotopic (exact) mass is 535 g/mol. The first-order valence-electron chi connectivity index (χ1n) is 11.7. The average Bonchev–Trinajstić information content (AvgIpc) is 2.89. The third kappa shape index (κ3) is 6.19. The molecule has 1 heterocycles. The molecular formula is C28H27ClFN5O3. The molecule has 0 radical (unpaired) electrons. The van der Waals surface area contributed by atoms with Crippen LogP contribution in [-0.4, -0.2) is 48.1 Å². The Kier molecular flexibility index (Phi) is 8.40. The first-order chi connectivity index (χ1) is 18.3. The standard InChI is InChI=1S/C28H27ClFN5O3/c1-34(2)27(12-11-26(31)36)35(28-22-9-8-21(37-3)15-24(22)32-17-33-28)20-7-10-25(23(29)14-20)38-16-18-5-4-6-19(30)13-18/h4-15,17,27H,16H2,1-3H3,(H2,31,36). The minimum absolute atomic E-state index is 0.153. The summed E-state index contributed by atoms with van der Waals surface area (Å²) >= 11 is 6.65. The lowest BCUT2D eigenvalue weighted by Crippen LogP contribution is -2.41. The topological polar surface area (TPSA) is 93.8 Å². The molecule has 2 N–H and O–H groups in total. The van der Waals surface area contributed by atoms with Gasteiger partial charge < -0.3 is 20.1 Å². The smallest absolute Gasteiger partial charge is 0.241 e. The van der Waals surface area contributed by atoms with Crippen LogP contribution in [0.2, 0.25) is 5.02 Å². The maximum absolute atomic E-state index is 13.5. The van der Waals surface area contributed by atoms with Crippen LogP contribution < -0.4 is 20.1 Å². The van der Waals surface area contributed by atoms with E-state index < -0.39 is 12.1 Å². The number of rotatable bonds is 10. The summed E-state index contributed by atoms with van der Waals surface area (Å²) in [6.07, 6.45) is 3.98. The van der Waals surface area contributed by atoms with Gasteiger partial charge in [-0.3, -0.25) is 9.69 Å². The van der Waals surface area contributed by atoms with E-state index in [9.17, 15) is 9.18 Å². The molecule has 196 valence electrons. The molecule has 0 fully saturated rings. The molecule has 3 aromatic carbocycles. The van der Waals surface area contributed by atoms with E-state index in [4.69, 9.17) is 26.8 Å². The van der Waals surface area contributed by atoms with Gasteiger partial charge in [-0.15, -0.1) is 0 Å². The van der Waals surface area contributed by atoms with Crippen molar-refractivity contribution in [2.24, 2.45) is 5.73 Å². The van der Waals surface area contributed by atoms with E-state index in [1.54, 1.807) is 37.5 Å². The SMILES string of the molecule is COc1ccc2c(N(c3ccc(OCc4cccc(F)c4)c(Cl)c3)C(C=CC(N)=O)N(C)C)ncnc2c1. The predicted octanol–water partition coefficient (Wildman–Crippen LogP) is 5.08. The lowest BCUT2D eigenvalue weighted by molar-refractivity contribution is -0.113. The van der Waals surface area contributed by atoms with E-state index in [2.05, 4.69) is 9.97 Å². The molecule has 0 spiro atoms. The highest BCUT2D eigenvalue weighted by molar-refractivity contribution is 6.32. The summed E-state index contributed by atoms with van der Waals surface area (Å²) in [5.41, 5.74) is 7.45. The van der Waals surface area contributed by atoms with Gasteiger partial charge in [0.1, 0.15) is 42.2 Å². The number of amides is 1. The van der Waals surface area contributed by atoms with Crippen molar-refractivity contribution >= 4 is 39.9 Å². The molecule has 1 aromatic heterocycles. The molecule has 1 amide bonds. The van der Waals surface area contributed by atoms with Gasteiger partial charge in [0.05, 0.1) is 17.6 Å². The zero-order chi connectivity index (χ0) is 27.2. The maximum Gasteiger partial charge on any atom is 0.241 e. The molecule has 0 saturated carbocycles. The summed E-state index contributed by atoms with van der Waals surface area (Å²) in [5, 5.41) is 1.11. The Labute approximate surface area is 225 Å². The van der Waals surface area contributed by atoms with Crippen LogP contribution in [0, 0.1) is 5.82 Å². The molecule has 38 heavy (non-hydrogen) atoms. The Bertz CT molecular complexity index is 1480. The number of methoxy groups -OCH3 is 1.